The topological polar surface area (TPSA) is 103 Å². The van der Waals surface area contributed by atoms with E-state index >= 15 is 0 Å². The molecule has 1 unspecified atom stereocenters. The number of benzene rings is 1. The molecule has 9 nitrogen and oxygen atoms in total. The highest BCUT2D eigenvalue weighted by atomic mass is 16.1. The number of fused-ring (bicyclic) bond motifs is 1. The van der Waals surface area contributed by atoms with E-state index in [2.05, 4.69) is 39.8 Å². The highest BCUT2D eigenvalue weighted by Crippen LogP contribution is 2.25. The molecule has 0 saturated heterocycles. The third kappa shape index (κ3) is 3.90. The third-order valence-corrected chi connectivity index (χ3v) is 5.14. The third-order valence-electron chi connectivity index (χ3n) is 5.14. The van der Waals surface area contributed by atoms with Crippen LogP contribution in [0.1, 0.15) is 74.5 Å². The summed E-state index contributed by atoms with van der Waals surface area (Å²) in [6.45, 7) is 10.1. The Kier molecular flexibility index (Phi) is 5.50. The van der Waals surface area contributed by atoms with E-state index in [4.69, 9.17) is 4.98 Å². The average Bonchev–Trinajstić information content (AvgIpc) is 3.40. The molecule has 0 radical (unpaired) electrons. The Labute approximate surface area is 180 Å². The number of nitrogens with one attached hydrogen (secondary N) is 1. The van der Waals surface area contributed by atoms with Crippen LogP contribution in [0.2, 0.25) is 0 Å². The minimum Gasteiger partial charge on any atom is -0.342 e. The predicted molar refractivity (Wildman–Crippen MR) is 117 cm³/mol. The molecule has 4 aromatic rings. The lowest BCUT2D eigenvalue weighted by molar-refractivity contribution is 0.0939. The van der Waals surface area contributed by atoms with Gasteiger partial charge < -0.3 is 5.32 Å². The maximum atomic E-state index is 13.3. The monoisotopic (exact) mass is 418 g/mol. The van der Waals surface area contributed by atoms with E-state index in [0.29, 0.717) is 17.0 Å². The zero-order chi connectivity index (χ0) is 22.1. The molecule has 0 fully saturated rings. The fourth-order valence-corrected chi connectivity index (χ4v) is 3.46. The molecule has 0 aliphatic heterocycles. The van der Waals surface area contributed by atoms with E-state index < -0.39 is 6.04 Å². The highest BCUT2D eigenvalue weighted by molar-refractivity contribution is 6.05. The van der Waals surface area contributed by atoms with Crippen LogP contribution >= 0.6 is 0 Å². The van der Waals surface area contributed by atoms with E-state index in [1.54, 1.807) is 10.9 Å². The molecule has 1 aromatic carbocycles. The van der Waals surface area contributed by atoms with Gasteiger partial charge in [-0.05, 0) is 55.3 Å². The van der Waals surface area contributed by atoms with Crippen LogP contribution in [-0.2, 0) is 0 Å². The van der Waals surface area contributed by atoms with Crippen molar-refractivity contribution in [1.29, 1.82) is 0 Å². The van der Waals surface area contributed by atoms with Crippen molar-refractivity contribution in [3.63, 3.8) is 0 Å². The fourth-order valence-electron chi connectivity index (χ4n) is 3.46. The summed E-state index contributed by atoms with van der Waals surface area (Å²) in [6, 6.07) is 11.2. The summed E-state index contributed by atoms with van der Waals surface area (Å²) >= 11 is 0. The summed E-state index contributed by atoms with van der Waals surface area (Å²) in [5, 5.41) is 20.2. The Bertz CT molecular complexity index is 1210. The summed E-state index contributed by atoms with van der Waals surface area (Å²) in [5.74, 6) is 0.508. The number of para-hydroxylation sites is 1. The lowest BCUT2D eigenvalue weighted by Crippen LogP contribution is -2.29. The first kappa shape index (κ1) is 20.6. The number of hydrogen-bond donors (Lipinski definition) is 1. The average molecular weight is 419 g/mol. The van der Waals surface area contributed by atoms with Crippen molar-refractivity contribution in [2.75, 3.05) is 0 Å². The van der Waals surface area contributed by atoms with Crippen LogP contribution in [0.3, 0.4) is 0 Å². The number of amides is 1. The van der Waals surface area contributed by atoms with Crippen LogP contribution in [0.25, 0.3) is 16.7 Å². The molecule has 0 saturated carbocycles. The second-order valence-corrected chi connectivity index (χ2v) is 8.15. The Morgan fingerprint density at radius 2 is 1.81 bits per heavy atom. The first-order chi connectivity index (χ1) is 14.9. The number of rotatable bonds is 6. The molecule has 3 heterocycles. The smallest absolute Gasteiger partial charge is 0.252 e. The molecule has 1 amide bonds. The molecule has 1 N–H and O–H groups in total. The van der Waals surface area contributed by atoms with Gasteiger partial charge in [-0.3, -0.25) is 4.79 Å². The normalized spacial score (nSPS) is 12.6. The van der Waals surface area contributed by atoms with Crippen molar-refractivity contribution in [3.05, 3.63) is 59.7 Å². The Hall–Kier alpha value is -3.62. The number of aromatic nitrogens is 7. The molecule has 1 atom stereocenters. The Morgan fingerprint density at radius 3 is 2.48 bits per heavy atom. The molecular formula is C22H26N8O. The second kappa shape index (κ2) is 8.25. The van der Waals surface area contributed by atoms with Crippen LogP contribution in [-0.4, -0.2) is 40.9 Å². The van der Waals surface area contributed by atoms with Crippen molar-refractivity contribution < 1.29 is 4.79 Å². The number of tetrazole rings is 1. The largest absolute Gasteiger partial charge is 0.342 e. The van der Waals surface area contributed by atoms with Crippen molar-refractivity contribution in [2.24, 2.45) is 0 Å². The summed E-state index contributed by atoms with van der Waals surface area (Å²) in [5.41, 5.74) is 2.94. The van der Waals surface area contributed by atoms with Gasteiger partial charge in [0, 0.05) is 11.7 Å². The molecule has 0 aliphatic carbocycles. The Morgan fingerprint density at radius 1 is 1.06 bits per heavy atom. The van der Waals surface area contributed by atoms with Gasteiger partial charge in [0.25, 0.3) is 5.91 Å². The minimum atomic E-state index is -0.409. The highest BCUT2D eigenvalue weighted by Gasteiger charge is 2.23. The molecule has 9 heteroatoms. The minimum absolute atomic E-state index is 0.137. The van der Waals surface area contributed by atoms with Crippen LogP contribution in [0.5, 0.6) is 0 Å². The van der Waals surface area contributed by atoms with Crippen molar-refractivity contribution in [1.82, 2.24) is 40.3 Å². The fraction of sp³-hybridized carbons (Fsp3) is 0.364. The van der Waals surface area contributed by atoms with Gasteiger partial charge >= 0.3 is 0 Å². The van der Waals surface area contributed by atoms with Crippen molar-refractivity contribution >= 4 is 16.9 Å². The maximum Gasteiger partial charge on any atom is 0.252 e. The van der Waals surface area contributed by atoms with Gasteiger partial charge in [-0.15, -0.1) is 5.10 Å². The van der Waals surface area contributed by atoms with E-state index in [0.717, 1.165) is 16.8 Å². The van der Waals surface area contributed by atoms with E-state index in [1.165, 1.54) is 0 Å². The Balaban J connectivity index is 1.69. The predicted octanol–water partition coefficient (Wildman–Crippen LogP) is 3.60. The lowest BCUT2D eigenvalue weighted by atomic mass is 10.0. The molecule has 0 spiro atoms. The van der Waals surface area contributed by atoms with Crippen LogP contribution in [0.15, 0.2) is 42.6 Å². The zero-order valence-electron chi connectivity index (χ0n) is 18.3. The molecule has 3 aromatic heterocycles. The summed E-state index contributed by atoms with van der Waals surface area (Å²) < 4.78 is 3.47. The molecule has 0 aliphatic rings. The summed E-state index contributed by atoms with van der Waals surface area (Å²) in [4.78, 5) is 18.1. The lowest BCUT2D eigenvalue weighted by Gasteiger charge is -2.16. The van der Waals surface area contributed by atoms with Gasteiger partial charge in [0.1, 0.15) is 0 Å². The van der Waals surface area contributed by atoms with E-state index in [9.17, 15) is 4.79 Å². The van der Waals surface area contributed by atoms with Gasteiger partial charge in [0.15, 0.2) is 11.5 Å². The number of carbonyl (C=O) groups excluding carboxylic acids is 1. The molecular weight excluding hydrogens is 392 g/mol. The van der Waals surface area contributed by atoms with Crippen molar-refractivity contribution in [3.8, 4) is 5.69 Å². The molecule has 31 heavy (non-hydrogen) atoms. The van der Waals surface area contributed by atoms with Gasteiger partial charge in [0.05, 0.1) is 28.9 Å². The molecule has 160 valence electrons. The quantitative estimate of drug-likeness (QED) is 0.513. The number of pyridine rings is 1. The van der Waals surface area contributed by atoms with E-state index in [-0.39, 0.29) is 17.9 Å². The second-order valence-electron chi connectivity index (χ2n) is 8.15. The van der Waals surface area contributed by atoms with Crippen LogP contribution < -0.4 is 5.32 Å². The zero-order valence-corrected chi connectivity index (χ0v) is 18.3. The molecule has 4 rings (SSSR count). The van der Waals surface area contributed by atoms with Gasteiger partial charge in [-0.2, -0.15) is 9.78 Å². The summed E-state index contributed by atoms with van der Waals surface area (Å²) in [7, 11) is 0. The first-order valence-electron chi connectivity index (χ1n) is 10.4. The van der Waals surface area contributed by atoms with Gasteiger partial charge in [0.2, 0.25) is 0 Å². The van der Waals surface area contributed by atoms with E-state index in [1.807, 2.05) is 61.9 Å². The van der Waals surface area contributed by atoms with Crippen LogP contribution in [0, 0.1) is 0 Å². The van der Waals surface area contributed by atoms with Crippen LogP contribution in [0.4, 0.5) is 0 Å². The number of nitrogens with zero attached hydrogens (tertiary/aromatic N) is 7. The van der Waals surface area contributed by atoms with Gasteiger partial charge in [-0.25, -0.2) is 9.67 Å². The summed E-state index contributed by atoms with van der Waals surface area (Å²) in [6.07, 6.45) is 1.71. The first-order valence-corrected chi connectivity index (χ1v) is 10.4. The van der Waals surface area contributed by atoms with Crippen molar-refractivity contribution in [2.45, 2.75) is 52.6 Å². The number of hydrogen-bond acceptors (Lipinski definition) is 6. The maximum absolute atomic E-state index is 13.3. The SMILES string of the molecule is CC(C)c1cc(C(=O)NC(C)c2nnnn2-c2ccccc2)c2cnn(C(C)C)c2n1. The van der Waals surface area contributed by atoms with Gasteiger partial charge in [-0.1, -0.05) is 32.0 Å². The standard InChI is InChI=1S/C22H26N8O/c1-13(2)19-11-17(18-12-23-29(14(3)4)21(18)25-19)22(31)24-15(5)20-26-27-28-30(20)16-9-7-6-8-10-16/h6-15H,1-5H3,(H,24,31). The molecule has 0 bridgehead atoms. The number of carbonyl (C=O) groups is 1.